The molecule has 0 aliphatic rings. The third-order valence-electron chi connectivity index (χ3n) is 4.65. The van der Waals surface area contributed by atoms with Crippen molar-refractivity contribution in [3.63, 3.8) is 0 Å². The summed E-state index contributed by atoms with van der Waals surface area (Å²) in [6.45, 7) is 3.99. The fraction of sp³-hybridized carbons (Fsp3) is 0.308. The fourth-order valence-corrected chi connectivity index (χ4v) is 2.85. The molecule has 0 spiro atoms. The molecular formula is C26H32O6Sn. The Balaban J connectivity index is 0.00000544. The Morgan fingerprint density at radius 2 is 0.939 bits per heavy atom. The van der Waals surface area contributed by atoms with Gasteiger partial charge in [-0.25, -0.2) is 9.59 Å². The second kappa shape index (κ2) is 15.2. The van der Waals surface area contributed by atoms with Crippen molar-refractivity contribution in [2.75, 3.05) is 13.2 Å². The van der Waals surface area contributed by atoms with Gasteiger partial charge in [0.05, 0.1) is 13.2 Å². The van der Waals surface area contributed by atoms with E-state index in [2.05, 4.69) is 0 Å². The molecule has 0 aliphatic heterocycles. The predicted octanol–water partition coefficient (Wildman–Crippen LogP) is 3.28. The number of Topliss-reactive ketones (excluding diaryl/α,β-unsaturated/α-hetero) is 2. The molecule has 0 N–H and O–H groups in total. The molecule has 0 unspecified atom stereocenters. The van der Waals surface area contributed by atoms with Crippen LogP contribution in [0.4, 0.5) is 0 Å². The number of rotatable bonds is 12. The third kappa shape index (κ3) is 8.27. The molecule has 0 saturated carbocycles. The summed E-state index contributed by atoms with van der Waals surface area (Å²) >= 11 is 0. The second-order valence-electron chi connectivity index (χ2n) is 7.12. The summed E-state index contributed by atoms with van der Waals surface area (Å²) in [5, 5.41) is 0. The molecule has 33 heavy (non-hydrogen) atoms. The summed E-state index contributed by atoms with van der Waals surface area (Å²) in [5.74, 6) is -3.56. The van der Waals surface area contributed by atoms with E-state index < -0.39 is 34.7 Å². The molecule has 2 aromatic rings. The summed E-state index contributed by atoms with van der Waals surface area (Å²) in [4.78, 5) is 52.6. The molecule has 0 fully saturated rings. The first kappa shape index (κ1) is 28.3. The number of ether oxygens (including phenoxy) is 2. The quantitative estimate of drug-likeness (QED) is 0.0755. The maximum atomic E-state index is 13.3. The molecule has 0 radical (unpaired) electrons. The first-order valence-corrected chi connectivity index (χ1v) is 10.8. The first-order chi connectivity index (χ1) is 15.5. The van der Waals surface area contributed by atoms with E-state index in [-0.39, 0.29) is 48.2 Å². The Hall–Kier alpha value is -2.74. The van der Waals surface area contributed by atoms with Crippen molar-refractivity contribution in [1.82, 2.24) is 0 Å². The molecule has 6 nitrogen and oxygen atoms in total. The van der Waals surface area contributed by atoms with Gasteiger partial charge in [-0.2, -0.15) is 0 Å². The SMILES string of the molecule is CCCCOC(=O)/C(C(=O)c1ccccc1)=C(\C(=O)OCCCC)C(=O)c1ccccc1.[SnH4]. The summed E-state index contributed by atoms with van der Waals surface area (Å²) in [6, 6.07) is 16.0. The van der Waals surface area contributed by atoms with Gasteiger partial charge in [-0.05, 0) is 12.8 Å². The number of hydrogen-bond acceptors (Lipinski definition) is 6. The van der Waals surface area contributed by atoms with Crippen molar-refractivity contribution in [3.8, 4) is 0 Å². The van der Waals surface area contributed by atoms with Crippen molar-refractivity contribution in [2.45, 2.75) is 39.5 Å². The number of carbonyl (C=O) groups is 4. The Kier molecular flexibility index (Phi) is 13.0. The summed E-state index contributed by atoms with van der Waals surface area (Å²) in [6.07, 6.45) is 2.71. The summed E-state index contributed by atoms with van der Waals surface area (Å²) in [7, 11) is 0. The fourth-order valence-electron chi connectivity index (χ4n) is 2.85. The normalized spacial score (nSPS) is 11.0. The molecule has 0 aliphatic carbocycles. The molecule has 2 rings (SSSR count). The topological polar surface area (TPSA) is 86.7 Å². The van der Waals surface area contributed by atoms with Gasteiger partial charge in [0.15, 0.2) is 0 Å². The number of hydrogen-bond donors (Lipinski definition) is 0. The van der Waals surface area contributed by atoms with Gasteiger partial charge in [0, 0.05) is 11.1 Å². The van der Waals surface area contributed by atoms with Crippen LogP contribution in [-0.4, -0.2) is 60.6 Å². The summed E-state index contributed by atoms with van der Waals surface area (Å²) < 4.78 is 10.5. The van der Waals surface area contributed by atoms with Gasteiger partial charge in [-0.1, -0.05) is 87.4 Å². The zero-order chi connectivity index (χ0) is 23.3. The number of unbranched alkanes of at least 4 members (excludes halogenated alkanes) is 2. The van der Waals surface area contributed by atoms with Crippen LogP contribution in [-0.2, 0) is 19.1 Å². The van der Waals surface area contributed by atoms with E-state index in [0.717, 1.165) is 12.8 Å². The van der Waals surface area contributed by atoms with E-state index in [1.807, 2.05) is 13.8 Å². The third-order valence-corrected chi connectivity index (χ3v) is 4.65. The average Bonchev–Trinajstić information content (AvgIpc) is 2.83. The molecule has 0 amide bonds. The minimum absolute atomic E-state index is 0. The first-order valence-electron chi connectivity index (χ1n) is 10.8. The van der Waals surface area contributed by atoms with Crippen molar-refractivity contribution < 1.29 is 28.7 Å². The predicted molar refractivity (Wildman–Crippen MR) is 132 cm³/mol. The van der Waals surface area contributed by atoms with E-state index in [0.29, 0.717) is 12.8 Å². The van der Waals surface area contributed by atoms with Crippen LogP contribution in [0.3, 0.4) is 0 Å². The second-order valence-corrected chi connectivity index (χ2v) is 7.12. The van der Waals surface area contributed by atoms with Crippen molar-refractivity contribution in [1.29, 1.82) is 0 Å². The number of esters is 2. The van der Waals surface area contributed by atoms with Crippen molar-refractivity contribution >= 4 is 47.4 Å². The molecule has 176 valence electrons. The zero-order valence-corrected chi connectivity index (χ0v) is 18.5. The van der Waals surface area contributed by atoms with Crippen LogP contribution in [0, 0.1) is 0 Å². The van der Waals surface area contributed by atoms with Gasteiger partial charge in [0.2, 0.25) is 11.6 Å². The number of benzene rings is 2. The summed E-state index contributed by atoms with van der Waals surface area (Å²) in [5.41, 5.74) is -0.894. The van der Waals surface area contributed by atoms with E-state index >= 15 is 0 Å². The van der Waals surface area contributed by atoms with Crippen LogP contribution < -0.4 is 0 Å². The standard InChI is InChI=1S/C26H28O6.Sn.4H/c1-3-5-17-31-25(29)21(23(27)19-13-9-7-10-14-19)22(26(30)32-18-6-4-2)24(28)20-15-11-8-12-16-20;;;;;/h7-16H,3-6,17-18H2,1-2H3;;;;;/b22-21-;;;;;. The van der Waals surface area contributed by atoms with Crippen LogP contribution in [0.25, 0.3) is 0 Å². The number of ketones is 2. The van der Waals surface area contributed by atoms with E-state index in [9.17, 15) is 19.2 Å². The molecule has 0 saturated heterocycles. The van der Waals surface area contributed by atoms with Crippen LogP contribution in [0.15, 0.2) is 71.8 Å². The molecule has 0 atom stereocenters. The van der Waals surface area contributed by atoms with E-state index in [1.54, 1.807) is 36.4 Å². The number of carbonyl (C=O) groups excluding carboxylic acids is 4. The Morgan fingerprint density at radius 3 is 1.24 bits per heavy atom. The average molecular weight is 559 g/mol. The molecule has 0 heterocycles. The van der Waals surface area contributed by atoms with Crippen molar-refractivity contribution in [2.24, 2.45) is 0 Å². The Bertz CT molecular complexity index is 887. The van der Waals surface area contributed by atoms with Gasteiger partial charge in [-0.3, -0.25) is 9.59 Å². The molecular weight excluding hydrogens is 527 g/mol. The van der Waals surface area contributed by atoms with E-state index in [1.165, 1.54) is 24.3 Å². The molecule has 2 aromatic carbocycles. The van der Waals surface area contributed by atoms with E-state index in [4.69, 9.17) is 9.47 Å². The van der Waals surface area contributed by atoms with Gasteiger partial charge >= 0.3 is 35.8 Å². The van der Waals surface area contributed by atoms with Gasteiger partial charge in [0.25, 0.3) is 0 Å². The van der Waals surface area contributed by atoms with Gasteiger partial charge < -0.3 is 9.47 Å². The van der Waals surface area contributed by atoms with Gasteiger partial charge in [-0.15, -0.1) is 0 Å². The van der Waals surface area contributed by atoms with Crippen LogP contribution in [0.2, 0.25) is 0 Å². The van der Waals surface area contributed by atoms with Crippen LogP contribution in [0.1, 0.15) is 60.2 Å². The maximum absolute atomic E-state index is 13.3. The van der Waals surface area contributed by atoms with Crippen LogP contribution in [0.5, 0.6) is 0 Å². The van der Waals surface area contributed by atoms with Gasteiger partial charge in [0.1, 0.15) is 11.1 Å². The van der Waals surface area contributed by atoms with Crippen LogP contribution >= 0.6 is 0 Å². The minimum atomic E-state index is -1.01. The Morgan fingerprint density at radius 1 is 0.606 bits per heavy atom. The molecule has 0 aromatic heterocycles. The molecule has 7 heteroatoms. The zero-order valence-electron chi connectivity index (χ0n) is 18.5. The molecule has 0 bridgehead atoms. The van der Waals surface area contributed by atoms with Crippen molar-refractivity contribution in [3.05, 3.63) is 82.9 Å². The monoisotopic (exact) mass is 560 g/mol. The Labute approximate surface area is 211 Å².